The molecule has 0 bridgehead atoms. The van der Waals surface area contributed by atoms with Gasteiger partial charge in [-0.15, -0.1) is 0 Å². The average molecular weight is 304 g/mol. The minimum Gasteiger partial charge on any atom is -0.481 e. The van der Waals surface area contributed by atoms with E-state index in [0.29, 0.717) is 0 Å². The predicted octanol–water partition coefficient (Wildman–Crippen LogP) is 1.82. The van der Waals surface area contributed by atoms with Gasteiger partial charge in [0.15, 0.2) is 0 Å². The van der Waals surface area contributed by atoms with Gasteiger partial charge in [-0.2, -0.15) is 0 Å². The molecular weight excluding hydrogens is 293 g/mol. The van der Waals surface area contributed by atoms with Crippen molar-refractivity contribution in [1.82, 2.24) is 5.32 Å². The van der Waals surface area contributed by atoms with Crippen LogP contribution >= 0.6 is 23.2 Å². The molecule has 102 valence electrons. The molecule has 0 saturated carbocycles. The maximum absolute atomic E-state index is 12.0. The van der Waals surface area contributed by atoms with Gasteiger partial charge in [-0.25, -0.2) is 0 Å². The highest BCUT2D eigenvalue weighted by molar-refractivity contribution is 6.43. The van der Waals surface area contributed by atoms with Gasteiger partial charge in [-0.1, -0.05) is 29.3 Å². The molecular formula is C12H11Cl2NO4. The van der Waals surface area contributed by atoms with E-state index in [1.165, 1.54) is 6.07 Å². The lowest BCUT2D eigenvalue weighted by molar-refractivity contribution is -0.142. The molecule has 0 aliphatic carbocycles. The second-order valence-electron chi connectivity index (χ2n) is 4.16. The summed E-state index contributed by atoms with van der Waals surface area (Å²) in [6.45, 7) is 0.254. The first-order chi connectivity index (χ1) is 9.00. The zero-order chi connectivity index (χ0) is 14.0. The van der Waals surface area contributed by atoms with Gasteiger partial charge in [0.2, 0.25) is 0 Å². The third-order valence-electron chi connectivity index (χ3n) is 2.91. The van der Waals surface area contributed by atoms with Crippen molar-refractivity contribution in [2.45, 2.75) is 6.04 Å². The lowest BCUT2D eigenvalue weighted by Crippen LogP contribution is -2.42. The zero-order valence-electron chi connectivity index (χ0n) is 9.73. The number of aliphatic carboxylic acids is 1. The molecule has 1 fully saturated rings. The molecule has 1 aromatic carbocycles. The van der Waals surface area contributed by atoms with Crippen molar-refractivity contribution in [3.63, 3.8) is 0 Å². The van der Waals surface area contributed by atoms with Crippen LogP contribution in [0.15, 0.2) is 18.2 Å². The van der Waals surface area contributed by atoms with E-state index in [1.807, 2.05) is 0 Å². The Hall–Kier alpha value is -1.30. The third kappa shape index (κ3) is 3.00. The van der Waals surface area contributed by atoms with Crippen LogP contribution in [0.4, 0.5) is 0 Å². The van der Waals surface area contributed by atoms with Crippen LogP contribution in [0.5, 0.6) is 0 Å². The maximum Gasteiger partial charge on any atom is 0.311 e. The van der Waals surface area contributed by atoms with Crippen molar-refractivity contribution >= 4 is 35.1 Å². The number of benzene rings is 1. The minimum atomic E-state index is -1.00. The van der Waals surface area contributed by atoms with E-state index >= 15 is 0 Å². The minimum absolute atomic E-state index is 0.0869. The number of hydrogen-bond donors (Lipinski definition) is 2. The van der Waals surface area contributed by atoms with E-state index in [1.54, 1.807) is 12.1 Å². The van der Waals surface area contributed by atoms with Crippen molar-refractivity contribution < 1.29 is 19.4 Å². The van der Waals surface area contributed by atoms with Crippen LogP contribution in [-0.4, -0.2) is 36.2 Å². The number of hydrogen-bond acceptors (Lipinski definition) is 3. The number of carbonyl (C=O) groups excluding carboxylic acids is 1. The lowest BCUT2D eigenvalue weighted by Gasteiger charge is -2.16. The van der Waals surface area contributed by atoms with E-state index in [2.05, 4.69) is 5.32 Å². The first kappa shape index (κ1) is 14.1. The summed E-state index contributed by atoms with van der Waals surface area (Å²) in [5, 5.41) is 12.0. The van der Waals surface area contributed by atoms with Crippen molar-refractivity contribution in [2.75, 3.05) is 13.2 Å². The van der Waals surface area contributed by atoms with E-state index in [9.17, 15) is 9.59 Å². The molecule has 2 N–H and O–H groups in total. The fourth-order valence-electron chi connectivity index (χ4n) is 1.87. The number of halogens is 2. The van der Waals surface area contributed by atoms with Gasteiger partial charge in [-0.3, -0.25) is 9.59 Å². The van der Waals surface area contributed by atoms with Crippen molar-refractivity contribution in [3.8, 4) is 0 Å². The quantitative estimate of drug-likeness (QED) is 0.893. The molecule has 7 heteroatoms. The number of nitrogens with one attached hydrogen (secondary N) is 1. The Morgan fingerprint density at radius 2 is 2.05 bits per heavy atom. The van der Waals surface area contributed by atoms with Crippen molar-refractivity contribution in [1.29, 1.82) is 0 Å². The van der Waals surface area contributed by atoms with Crippen LogP contribution in [0.2, 0.25) is 10.0 Å². The Bertz CT molecular complexity index is 520. The van der Waals surface area contributed by atoms with Gasteiger partial charge in [0.25, 0.3) is 5.91 Å². The lowest BCUT2D eigenvalue weighted by atomic mass is 10.0. The Kier molecular flexibility index (Phi) is 4.29. The second-order valence-corrected chi connectivity index (χ2v) is 4.95. The molecule has 0 radical (unpaired) electrons. The number of ether oxygens (including phenoxy) is 1. The summed E-state index contributed by atoms with van der Waals surface area (Å²) in [5.41, 5.74) is 0.213. The molecule has 2 rings (SSSR count). The normalized spacial score (nSPS) is 22.2. The first-order valence-electron chi connectivity index (χ1n) is 5.56. The number of carbonyl (C=O) groups is 2. The van der Waals surface area contributed by atoms with Gasteiger partial charge in [0.05, 0.1) is 34.9 Å². The Morgan fingerprint density at radius 3 is 2.74 bits per heavy atom. The Balaban J connectivity index is 2.13. The molecule has 1 aromatic rings. The van der Waals surface area contributed by atoms with E-state index in [0.717, 1.165) is 0 Å². The average Bonchev–Trinajstić information content (AvgIpc) is 2.80. The van der Waals surface area contributed by atoms with Gasteiger partial charge < -0.3 is 15.2 Å². The monoisotopic (exact) mass is 303 g/mol. The number of amides is 1. The fraction of sp³-hybridized carbons (Fsp3) is 0.333. The van der Waals surface area contributed by atoms with Gasteiger partial charge in [-0.05, 0) is 12.1 Å². The molecule has 0 spiro atoms. The molecule has 1 aliphatic rings. The van der Waals surface area contributed by atoms with Gasteiger partial charge >= 0.3 is 5.97 Å². The van der Waals surface area contributed by atoms with Crippen molar-refractivity contribution in [3.05, 3.63) is 33.8 Å². The largest absolute Gasteiger partial charge is 0.481 e. The summed E-state index contributed by atoms with van der Waals surface area (Å²) in [6, 6.07) is 4.12. The molecule has 1 saturated heterocycles. The van der Waals surface area contributed by atoms with Crippen LogP contribution in [-0.2, 0) is 9.53 Å². The number of carboxylic acids is 1. The first-order valence-corrected chi connectivity index (χ1v) is 6.31. The summed E-state index contributed by atoms with van der Waals surface area (Å²) in [4.78, 5) is 23.0. The smallest absolute Gasteiger partial charge is 0.311 e. The topological polar surface area (TPSA) is 75.6 Å². The number of rotatable bonds is 3. The molecule has 2 unspecified atom stereocenters. The Labute approximate surface area is 119 Å². The summed E-state index contributed by atoms with van der Waals surface area (Å²) >= 11 is 11.8. The second kappa shape index (κ2) is 5.77. The summed E-state index contributed by atoms with van der Waals surface area (Å²) in [7, 11) is 0. The summed E-state index contributed by atoms with van der Waals surface area (Å²) in [6.07, 6.45) is 0. The van der Waals surface area contributed by atoms with Crippen LogP contribution in [0.1, 0.15) is 10.4 Å². The van der Waals surface area contributed by atoms with Crippen LogP contribution in [0.3, 0.4) is 0 Å². The van der Waals surface area contributed by atoms with Gasteiger partial charge in [0, 0.05) is 0 Å². The summed E-state index contributed by atoms with van der Waals surface area (Å²) < 4.78 is 5.07. The SMILES string of the molecule is O=C(NC1COCC1C(=O)O)c1cccc(Cl)c1Cl. The third-order valence-corrected chi connectivity index (χ3v) is 3.73. The molecule has 1 heterocycles. The molecule has 0 aromatic heterocycles. The van der Waals surface area contributed by atoms with E-state index in [4.69, 9.17) is 33.0 Å². The molecule has 2 atom stereocenters. The van der Waals surface area contributed by atoms with Crippen molar-refractivity contribution in [2.24, 2.45) is 5.92 Å². The molecule has 1 amide bonds. The highest BCUT2D eigenvalue weighted by atomic mass is 35.5. The predicted molar refractivity (Wildman–Crippen MR) is 69.7 cm³/mol. The van der Waals surface area contributed by atoms with Crippen LogP contribution in [0.25, 0.3) is 0 Å². The summed E-state index contributed by atoms with van der Waals surface area (Å²) in [5.74, 6) is -2.21. The van der Waals surface area contributed by atoms with Crippen LogP contribution in [0, 0.1) is 5.92 Å². The van der Waals surface area contributed by atoms with Gasteiger partial charge in [0.1, 0.15) is 5.92 Å². The molecule has 19 heavy (non-hydrogen) atoms. The van der Waals surface area contributed by atoms with Crippen LogP contribution < -0.4 is 5.32 Å². The molecule has 1 aliphatic heterocycles. The highest BCUT2D eigenvalue weighted by Crippen LogP contribution is 2.26. The maximum atomic E-state index is 12.0. The molecule has 5 nitrogen and oxygen atoms in total. The zero-order valence-corrected chi connectivity index (χ0v) is 11.2. The fourth-order valence-corrected chi connectivity index (χ4v) is 2.25. The standard InChI is InChI=1S/C12H11Cl2NO4/c13-8-3-1-2-6(10(8)14)11(16)15-9-5-19-4-7(9)12(17)18/h1-3,7,9H,4-5H2,(H,15,16)(H,17,18). The Morgan fingerprint density at radius 1 is 1.32 bits per heavy atom. The van der Waals surface area contributed by atoms with E-state index < -0.39 is 23.8 Å². The highest BCUT2D eigenvalue weighted by Gasteiger charge is 2.35. The van der Waals surface area contributed by atoms with E-state index in [-0.39, 0.29) is 28.8 Å². The number of carboxylic acid groups (broad SMARTS) is 1.